The highest BCUT2D eigenvalue weighted by molar-refractivity contribution is 7.84. The summed E-state index contributed by atoms with van der Waals surface area (Å²) in [6.07, 6.45) is 3.16. The van der Waals surface area contributed by atoms with Gasteiger partial charge in [-0.1, -0.05) is 0 Å². The number of amides is 1. The number of nitrogens with one attached hydrogen (secondary N) is 2. The van der Waals surface area contributed by atoms with Crippen molar-refractivity contribution in [3.8, 4) is 0 Å². The lowest BCUT2D eigenvalue weighted by Gasteiger charge is -2.10. The lowest BCUT2D eigenvalue weighted by molar-refractivity contribution is 0.0954. The van der Waals surface area contributed by atoms with Crippen molar-refractivity contribution in [1.82, 2.24) is 10.3 Å². The quantitative estimate of drug-likeness (QED) is 0.808. The topological polar surface area (TPSA) is 71.1 Å². The number of anilines is 1. The van der Waals surface area contributed by atoms with Crippen LogP contribution < -0.4 is 10.6 Å². The minimum Gasteiger partial charge on any atom is -0.370 e. The SMILES string of the molecule is CCNc1ccc(C(=O)NCC(C)S(C)=O)cn1. The van der Waals surface area contributed by atoms with E-state index in [4.69, 9.17) is 0 Å². The fourth-order valence-electron chi connectivity index (χ4n) is 1.27. The van der Waals surface area contributed by atoms with Gasteiger partial charge in [0, 0.05) is 41.6 Å². The summed E-state index contributed by atoms with van der Waals surface area (Å²) in [6.45, 7) is 5.01. The molecule has 18 heavy (non-hydrogen) atoms. The highest BCUT2D eigenvalue weighted by Crippen LogP contribution is 2.04. The van der Waals surface area contributed by atoms with Crippen molar-refractivity contribution < 1.29 is 9.00 Å². The van der Waals surface area contributed by atoms with Gasteiger partial charge in [-0.3, -0.25) is 9.00 Å². The molecule has 0 aromatic carbocycles. The molecule has 1 rings (SSSR count). The Bertz CT molecular complexity index is 420. The van der Waals surface area contributed by atoms with Crippen LogP contribution in [0.15, 0.2) is 18.3 Å². The van der Waals surface area contributed by atoms with Crippen molar-refractivity contribution in [2.24, 2.45) is 0 Å². The molecule has 100 valence electrons. The monoisotopic (exact) mass is 269 g/mol. The molecule has 5 nitrogen and oxygen atoms in total. The molecule has 1 heterocycles. The van der Waals surface area contributed by atoms with Crippen LogP contribution in [0.5, 0.6) is 0 Å². The van der Waals surface area contributed by atoms with Crippen LogP contribution in [-0.2, 0) is 10.8 Å². The van der Waals surface area contributed by atoms with E-state index in [1.807, 2.05) is 13.8 Å². The van der Waals surface area contributed by atoms with Crippen LogP contribution in [0, 0.1) is 0 Å². The van der Waals surface area contributed by atoms with Gasteiger partial charge in [-0.25, -0.2) is 4.98 Å². The third-order valence-corrected chi connectivity index (χ3v) is 3.80. The van der Waals surface area contributed by atoms with Gasteiger partial charge >= 0.3 is 0 Å². The van der Waals surface area contributed by atoms with Crippen molar-refractivity contribution in [3.05, 3.63) is 23.9 Å². The summed E-state index contributed by atoms with van der Waals surface area (Å²) in [5, 5.41) is 5.74. The Morgan fingerprint density at radius 1 is 1.50 bits per heavy atom. The van der Waals surface area contributed by atoms with Gasteiger partial charge in [-0.2, -0.15) is 0 Å². The second-order valence-corrected chi connectivity index (χ2v) is 5.78. The van der Waals surface area contributed by atoms with Crippen molar-refractivity contribution in [1.29, 1.82) is 0 Å². The molecular formula is C12H19N3O2S. The van der Waals surface area contributed by atoms with E-state index < -0.39 is 10.8 Å². The minimum absolute atomic E-state index is 0.0528. The molecule has 2 N–H and O–H groups in total. The molecule has 6 heteroatoms. The molecule has 2 unspecified atom stereocenters. The van der Waals surface area contributed by atoms with Crippen LogP contribution in [0.1, 0.15) is 24.2 Å². The van der Waals surface area contributed by atoms with E-state index in [2.05, 4.69) is 15.6 Å². The predicted octanol–water partition coefficient (Wildman–Crippen LogP) is 1.01. The van der Waals surface area contributed by atoms with E-state index >= 15 is 0 Å². The molecule has 0 aliphatic rings. The molecule has 0 saturated heterocycles. The van der Waals surface area contributed by atoms with E-state index in [1.54, 1.807) is 18.4 Å². The van der Waals surface area contributed by atoms with E-state index in [0.29, 0.717) is 12.1 Å². The first-order valence-electron chi connectivity index (χ1n) is 5.85. The predicted molar refractivity (Wildman–Crippen MR) is 74.3 cm³/mol. The number of rotatable bonds is 6. The highest BCUT2D eigenvalue weighted by atomic mass is 32.2. The number of carbonyl (C=O) groups is 1. The number of nitrogens with zero attached hydrogens (tertiary/aromatic N) is 1. The Kier molecular flexibility index (Phi) is 5.77. The summed E-state index contributed by atoms with van der Waals surface area (Å²) >= 11 is 0. The van der Waals surface area contributed by atoms with E-state index in [-0.39, 0.29) is 11.2 Å². The summed E-state index contributed by atoms with van der Waals surface area (Å²) in [4.78, 5) is 15.9. The van der Waals surface area contributed by atoms with Crippen molar-refractivity contribution >= 4 is 22.5 Å². The standard InChI is InChI=1S/C12H19N3O2S/c1-4-13-11-6-5-10(8-14-11)12(16)15-7-9(2)18(3)17/h5-6,8-9H,4,7H2,1-3H3,(H,13,14)(H,15,16). The van der Waals surface area contributed by atoms with E-state index in [9.17, 15) is 9.00 Å². The third kappa shape index (κ3) is 4.44. The lowest BCUT2D eigenvalue weighted by Crippen LogP contribution is -2.32. The van der Waals surface area contributed by atoms with Gasteiger partial charge in [0.1, 0.15) is 5.82 Å². The molecule has 0 bridgehead atoms. The van der Waals surface area contributed by atoms with Crippen molar-refractivity contribution in [3.63, 3.8) is 0 Å². The smallest absolute Gasteiger partial charge is 0.252 e. The Balaban J connectivity index is 2.54. The Morgan fingerprint density at radius 3 is 2.72 bits per heavy atom. The number of hydrogen-bond acceptors (Lipinski definition) is 4. The van der Waals surface area contributed by atoms with Gasteiger partial charge in [-0.05, 0) is 26.0 Å². The molecular weight excluding hydrogens is 250 g/mol. The Morgan fingerprint density at radius 2 is 2.22 bits per heavy atom. The maximum atomic E-state index is 11.8. The molecule has 1 amide bonds. The maximum absolute atomic E-state index is 11.8. The summed E-state index contributed by atoms with van der Waals surface area (Å²) in [5.41, 5.74) is 0.505. The van der Waals surface area contributed by atoms with E-state index in [1.165, 1.54) is 6.20 Å². The molecule has 0 saturated carbocycles. The van der Waals surface area contributed by atoms with Gasteiger partial charge in [0.05, 0.1) is 5.56 Å². The van der Waals surface area contributed by atoms with E-state index in [0.717, 1.165) is 12.4 Å². The Hall–Kier alpha value is -1.43. The zero-order valence-corrected chi connectivity index (χ0v) is 11.7. The lowest BCUT2D eigenvalue weighted by atomic mass is 10.2. The van der Waals surface area contributed by atoms with Crippen molar-refractivity contribution in [2.45, 2.75) is 19.1 Å². The average molecular weight is 269 g/mol. The fraction of sp³-hybridized carbons (Fsp3) is 0.500. The molecule has 0 aliphatic carbocycles. The molecule has 0 aliphatic heterocycles. The molecule has 1 aromatic rings. The first-order chi connectivity index (χ1) is 8.54. The Labute approximate surface area is 110 Å². The number of pyridine rings is 1. The summed E-state index contributed by atoms with van der Waals surface area (Å²) < 4.78 is 11.1. The first-order valence-corrected chi connectivity index (χ1v) is 7.47. The summed E-state index contributed by atoms with van der Waals surface area (Å²) in [5.74, 6) is 0.555. The number of carbonyl (C=O) groups excluding carboxylic acids is 1. The minimum atomic E-state index is -0.930. The normalized spacial score (nSPS) is 13.7. The fourth-order valence-corrected chi connectivity index (χ4v) is 1.59. The third-order valence-electron chi connectivity index (χ3n) is 2.50. The van der Waals surface area contributed by atoms with Crippen LogP contribution in [0.25, 0.3) is 0 Å². The van der Waals surface area contributed by atoms with Gasteiger partial charge in [0.2, 0.25) is 0 Å². The number of hydrogen-bond donors (Lipinski definition) is 2. The molecule has 2 atom stereocenters. The molecule has 0 fully saturated rings. The van der Waals surface area contributed by atoms with Crippen LogP contribution in [0.4, 0.5) is 5.82 Å². The van der Waals surface area contributed by atoms with Crippen LogP contribution in [0.3, 0.4) is 0 Å². The zero-order chi connectivity index (χ0) is 13.5. The van der Waals surface area contributed by atoms with Gasteiger partial charge in [0.25, 0.3) is 5.91 Å². The summed E-state index contributed by atoms with van der Waals surface area (Å²) in [7, 11) is -0.930. The van der Waals surface area contributed by atoms with Crippen molar-refractivity contribution in [2.75, 3.05) is 24.7 Å². The molecule has 0 radical (unpaired) electrons. The highest BCUT2D eigenvalue weighted by Gasteiger charge is 2.10. The molecule has 1 aromatic heterocycles. The summed E-state index contributed by atoms with van der Waals surface area (Å²) in [6, 6.07) is 3.48. The zero-order valence-electron chi connectivity index (χ0n) is 10.9. The van der Waals surface area contributed by atoms with Gasteiger partial charge in [-0.15, -0.1) is 0 Å². The van der Waals surface area contributed by atoms with Crippen LogP contribution >= 0.6 is 0 Å². The maximum Gasteiger partial charge on any atom is 0.252 e. The second-order valence-electron chi connectivity index (χ2n) is 3.98. The second kappa shape index (κ2) is 7.10. The molecule has 0 spiro atoms. The first kappa shape index (κ1) is 14.6. The largest absolute Gasteiger partial charge is 0.370 e. The average Bonchev–Trinajstić information content (AvgIpc) is 2.36. The van der Waals surface area contributed by atoms with Gasteiger partial charge < -0.3 is 10.6 Å². The van der Waals surface area contributed by atoms with Crippen LogP contribution in [-0.4, -0.2) is 39.7 Å². The van der Waals surface area contributed by atoms with Gasteiger partial charge in [0.15, 0.2) is 0 Å². The number of aromatic nitrogens is 1. The van der Waals surface area contributed by atoms with Crippen LogP contribution in [0.2, 0.25) is 0 Å².